The predicted molar refractivity (Wildman–Crippen MR) is 76.9 cm³/mol. The summed E-state index contributed by atoms with van der Waals surface area (Å²) in [6, 6.07) is 6.75. The van der Waals surface area contributed by atoms with Crippen LogP contribution in [0.2, 0.25) is 0 Å². The molecule has 20 heavy (non-hydrogen) atoms. The summed E-state index contributed by atoms with van der Waals surface area (Å²) < 4.78 is 6.43. The average Bonchev–Trinajstić information content (AvgIpc) is 2.47. The number of nitrogens with zero attached hydrogens (tertiary/aromatic N) is 1. The number of hydrogen-bond acceptors (Lipinski definition) is 3. The summed E-state index contributed by atoms with van der Waals surface area (Å²) in [6.45, 7) is 0.114. The zero-order chi connectivity index (χ0) is 14.7. The molecule has 102 valence electrons. The number of rotatable bonds is 3. The molecule has 1 aromatic heterocycles. The second kappa shape index (κ2) is 5.49. The van der Waals surface area contributed by atoms with Crippen molar-refractivity contribution in [2.45, 2.75) is 0 Å². The molecule has 0 aliphatic heterocycles. The van der Waals surface area contributed by atoms with Crippen LogP contribution < -0.4 is 15.6 Å². The fourth-order valence-corrected chi connectivity index (χ4v) is 1.96. The highest BCUT2D eigenvalue weighted by Crippen LogP contribution is 2.19. The van der Waals surface area contributed by atoms with Gasteiger partial charge in [0.15, 0.2) is 0 Å². The maximum Gasteiger partial charge on any atom is 0.268 e. The summed E-state index contributed by atoms with van der Waals surface area (Å²) in [7, 11) is 3.10. The molecule has 0 aliphatic rings. The fourth-order valence-electron chi connectivity index (χ4n) is 1.96. The SMILES string of the molecule is C#CCNC(=O)c1cc2cc(OC)ccc2c(=O)n1C. The zero-order valence-corrected chi connectivity index (χ0v) is 11.3. The van der Waals surface area contributed by atoms with Gasteiger partial charge in [-0.05, 0) is 29.7 Å². The molecule has 0 saturated heterocycles. The number of amides is 1. The molecule has 0 saturated carbocycles. The van der Waals surface area contributed by atoms with E-state index in [1.807, 2.05) is 0 Å². The van der Waals surface area contributed by atoms with Crippen LogP contribution in [0.3, 0.4) is 0 Å². The van der Waals surface area contributed by atoms with Crippen LogP contribution in [-0.4, -0.2) is 24.1 Å². The molecule has 0 aliphatic carbocycles. The largest absolute Gasteiger partial charge is 0.497 e. The summed E-state index contributed by atoms with van der Waals surface area (Å²) in [5.41, 5.74) is 0.0158. The Morgan fingerprint density at radius 2 is 2.20 bits per heavy atom. The molecule has 1 aromatic carbocycles. The van der Waals surface area contributed by atoms with E-state index in [0.29, 0.717) is 16.5 Å². The first-order valence-corrected chi connectivity index (χ1v) is 5.98. The lowest BCUT2D eigenvalue weighted by Crippen LogP contribution is -2.31. The van der Waals surface area contributed by atoms with E-state index in [4.69, 9.17) is 11.2 Å². The molecule has 1 amide bonds. The van der Waals surface area contributed by atoms with Gasteiger partial charge in [-0.2, -0.15) is 0 Å². The van der Waals surface area contributed by atoms with E-state index < -0.39 is 0 Å². The molecular formula is C15H14N2O3. The fraction of sp³-hybridized carbons (Fsp3) is 0.200. The Balaban J connectivity index is 2.62. The molecule has 0 unspecified atom stereocenters. The Morgan fingerprint density at radius 3 is 2.85 bits per heavy atom. The third-order valence-electron chi connectivity index (χ3n) is 3.03. The summed E-state index contributed by atoms with van der Waals surface area (Å²) in [5.74, 6) is 2.56. The molecule has 0 spiro atoms. The lowest BCUT2D eigenvalue weighted by atomic mass is 10.1. The Labute approximate surface area is 116 Å². The van der Waals surface area contributed by atoms with Crippen LogP contribution in [0.5, 0.6) is 5.75 Å². The molecule has 5 heteroatoms. The van der Waals surface area contributed by atoms with Crippen molar-refractivity contribution >= 4 is 16.7 Å². The molecule has 1 N–H and O–H groups in total. The summed E-state index contributed by atoms with van der Waals surface area (Å²) in [6.07, 6.45) is 5.10. The lowest BCUT2D eigenvalue weighted by molar-refractivity contribution is 0.0949. The number of carbonyl (C=O) groups excluding carboxylic acids is 1. The van der Waals surface area contributed by atoms with Crippen molar-refractivity contribution in [3.05, 3.63) is 40.3 Å². The number of methoxy groups -OCH3 is 1. The van der Waals surface area contributed by atoms with Crippen LogP contribution in [0.25, 0.3) is 10.8 Å². The summed E-state index contributed by atoms with van der Waals surface area (Å²) in [5, 5.41) is 3.72. The van der Waals surface area contributed by atoms with E-state index in [0.717, 1.165) is 0 Å². The Hall–Kier alpha value is -2.74. The maximum absolute atomic E-state index is 12.2. The number of terminal acetylenes is 1. The van der Waals surface area contributed by atoms with E-state index in [1.54, 1.807) is 38.4 Å². The minimum absolute atomic E-state index is 0.114. The first-order valence-electron chi connectivity index (χ1n) is 5.98. The van der Waals surface area contributed by atoms with E-state index in [2.05, 4.69) is 11.2 Å². The first-order chi connectivity index (χ1) is 9.58. The quantitative estimate of drug-likeness (QED) is 0.843. The topological polar surface area (TPSA) is 60.3 Å². The van der Waals surface area contributed by atoms with Crippen molar-refractivity contribution in [2.75, 3.05) is 13.7 Å². The number of nitrogens with one attached hydrogen (secondary N) is 1. The first kappa shape index (κ1) is 13.7. The summed E-state index contributed by atoms with van der Waals surface area (Å²) in [4.78, 5) is 24.2. The highest BCUT2D eigenvalue weighted by molar-refractivity contribution is 5.97. The molecule has 0 atom stereocenters. The highest BCUT2D eigenvalue weighted by atomic mass is 16.5. The van der Waals surface area contributed by atoms with Gasteiger partial charge < -0.3 is 14.6 Å². The molecule has 5 nitrogen and oxygen atoms in total. The third-order valence-corrected chi connectivity index (χ3v) is 3.03. The van der Waals surface area contributed by atoms with Crippen molar-refractivity contribution in [3.8, 4) is 18.1 Å². The number of pyridine rings is 1. The van der Waals surface area contributed by atoms with Crippen molar-refractivity contribution in [3.63, 3.8) is 0 Å². The minimum Gasteiger partial charge on any atom is -0.497 e. The van der Waals surface area contributed by atoms with E-state index >= 15 is 0 Å². The molecule has 1 heterocycles. The Morgan fingerprint density at radius 1 is 1.45 bits per heavy atom. The predicted octanol–water partition coefficient (Wildman–Crippen LogP) is 0.910. The number of benzene rings is 1. The number of ether oxygens (including phenoxy) is 1. The number of fused-ring (bicyclic) bond motifs is 1. The van der Waals surface area contributed by atoms with Gasteiger partial charge in [-0.3, -0.25) is 9.59 Å². The summed E-state index contributed by atoms with van der Waals surface area (Å²) >= 11 is 0. The minimum atomic E-state index is -0.382. The van der Waals surface area contributed by atoms with Gasteiger partial charge in [-0.1, -0.05) is 5.92 Å². The van der Waals surface area contributed by atoms with Crippen LogP contribution >= 0.6 is 0 Å². The second-order valence-electron chi connectivity index (χ2n) is 4.23. The van der Waals surface area contributed by atoms with Crippen molar-refractivity contribution < 1.29 is 9.53 Å². The van der Waals surface area contributed by atoms with Gasteiger partial charge in [0.05, 0.1) is 13.7 Å². The second-order valence-corrected chi connectivity index (χ2v) is 4.23. The van der Waals surface area contributed by atoms with Crippen LogP contribution in [0.15, 0.2) is 29.1 Å². The Kier molecular flexibility index (Phi) is 3.76. The monoisotopic (exact) mass is 270 g/mol. The third kappa shape index (κ3) is 2.36. The number of hydrogen-bond donors (Lipinski definition) is 1. The van der Waals surface area contributed by atoms with Crippen LogP contribution in [-0.2, 0) is 7.05 Å². The van der Waals surface area contributed by atoms with Gasteiger partial charge in [0.25, 0.3) is 11.5 Å². The Bertz CT molecular complexity index is 769. The normalized spacial score (nSPS) is 10.1. The number of carbonyl (C=O) groups is 1. The van der Waals surface area contributed by atoms with Gasteiger partial charge in [-0.15, -0.1) is 6.42 Å². The van der Waals surface area contributed by atoms with Gasteiger partial charge >= 0.3 is 0 Å². The molecule has 0 fully saturated rings. The van der Waals surface area contributed by atoms with Crippen molar-refractivity contribution in [1.82, 2.24) is 9.88 Å². The molecule has 2 rings (SSSR count). The van der Waals surface area contributed by atoms with Crippen LogP contribution in [0.4, 0.5) is 0 Å². The van der Waals surface area contributed by atoms with Crippen LogP contribution in [0, 0.1) is 12.3 Å². The van der Waals surface area contributed by atoms with Crippen LogP contribution in [0.1, 0.15) is 10.5 Å². The molecule has 2 aromatic rings. The number of aromatic nitrogens is 1. The smallest absolute Gasteiger partial charge is 0.268 e. The standard InChI is InChI=1S/C15H14N2O3/c1-4-7-16-14(18)13-9-10-8-11(20-3)5-6-12(10)15(19)17(13)2/h1,5-6,8-9H,7H2,2-3H3,(H,16,18). The van der Waals surface area contributed by atoms with Gasteiger partial charge in [0, 0.05) is 12.4 Å². The van der Waals surface area contributed by atoms with Gasteiger partial charge in [0.1, 0.15) is 11.4 Å². The molecule has 0 bridgehead atoms. The van der Waals surface area contributed by atoms with Crippen molar-refractivity contribution in [1.29, 1.82) is 0 Å². The van der Waals surface area contributed by atoms with Gasteiger partial charge in [0.2, 0.25) is 0 Å². The zero-order valence-electron chi connectivity index (χ0n) is 11.3. The van der Waals surface area contributed by atoms with E-state index in [1.165, 1.54) is 4.57 Å². The average molecular weight is 270 g/mol. The maximum atomic E-state index is 12.2. The van der Waals surface area contributed by atoms with Gasteiger partial charge in [-0.25, -0.2) is 0 Å². The highest BCUT2D eigenvalue weighted by Gasteiger charge is 2.13. The van der Waals surface area contributed by atoms with E-state index in [-0.39, 0.29) is 23.7 Å². The molecular weight excluding hydrogens is 256 g/mol. The molecule has 0 radical (unpaired) electrons. The van der Waals surface area contributed by atoms with E-state index in [9.17, 15) is 9.59 Å². The van der Waals surface area contributed by atoms with Crippen molar-refractivity contribution in [2.24, 2.45) is 7.05 Å². The lowest BCUT2D eigenvalue weighted by Gasteiger charge is -2.10.